The van der Waals surface area contributed by atoms with Crippen LogP contribution >= 0.6 is 23.2 Å². The normalized spacial score (nSPS) is 16.8. The third-order valence-electron chi connectivity index (χ3n) is 3.51. The third kappa shape index (κ3) is 4.00. The second-order valence-corrected chi connectivity index (χ2v) is 8.23. The molecule has 1 aromatic rings. The van der Waals surface area contributed by atoms with Crippen LogP contribution in [-0.2, 0) is 20.8 Å². The Morgan fingerprint density at radius 1 is 1.32 bits per heavy atom. The molecule has 0 aliphatic carbocycles. The molecule has 7 nitrogen and oxygen atoms in total. The number of hydrogen-bond acceptors (Lipinski definition) is 7. The van der Waals surface area contributed by atoms with E-state index in [1.807, 2.05) is 0 Å². The van der Waals surface area contributed by atoms with E-state index >= 15 is 0 Å². The van der Waals surface area contributed by atoms with Crippen molar-refractivity contribution in [1.29, 1.82) is 5.26 Å². The van der Waals surface area contributed by atoms with E-state index in [9.17, 15) is 26.9 Å². The van der Waals surface area contributed by atoms with Gasteiger partial charge in [0.15, 0.2) is 15.5 Å². The van der Waals surface area contributed by atoms with E-state index in [-0.39, 0.29) is 18.0 Å². The summed E-state index contributed by atoms with van der Waals surface area (Å²) in [4.78, 5) is -0.488. The van der Waals surface area contributed by atoms with Gasteiger partial charge < -0.3 is 4.74 Å². The average Bonchev–Trinajstić information content (AvgIpc) is 2.83. The molecule has 0 amide bonds. The van der Waals surface area contributed by atoms with Gasteiger partial charge in [0, 0.05) is 6.26 Å². The fraction of sp³-hybridized carbons (Fsp3) is 0.267. The molecule has 1 heterocycles. The largest absolute Gasteiger partial charge is 0.499 e. The summed E-state index contributed by atoms with van der Waals surface area (Å²) in [5, 5.41) is 9.95. The van der Waals surface area contributed by atoms with Gasteiger partial charge >= 0.3 is 6.18 Å². The van der Waals surface area contributed by atoms with Crippen LogP contribution in [0.1, 0.15) is 12.5 Å². The van der Waals surface area contributed by atoms with Crippen LogP contribution in [0.2, 0.25) is 10.0 Å². The summed E-state index contributed by atoms with van der Waals surface area (Å²) < 4.78 is 68.5. The summed E-state index contributed by atoms with van der Waals surface area (Å²) in [6.45, 7) is 1.75. The van der Waals surface area contributed by atoms with Crippen molar-refractivity contribution in [2.24, 2.45) is 5.84 Å². The molecule has 1 aliphatic heterocycles. The number of rotatable bonds is 4. The minimum absolute atomic E-state index is 0.134. The standard InChI is InChI=1S/C15H13Cl2F3N4O3S/c1-3-27-7-12-14(28(2,25)26)11(6-21)24(22)23(12)13-9(16)4-8(5-10(13)17)15(18,19)20/h4-5,7H,3,22H2,1-2H3. The Kier molecular flexibility index (Phi) is 6.10. The first-order chi connectivity index (χ1) is 12.8. The fourth-order valence-electron chi connectivity index (χ4n) is 2.43. The number of allylic oxidation sites excluding steroid dienone is 1. The fourth-order valence-corrected chi connectivity index (χ4v) is 4.08. The topological polar surface area (TPSA) is 99.7 Å². The number of anilines is 1. The van der Waals surface area contributed by atoms with Gasteiger partial charge in [-0.25, -0.2) is 24.4 Å². The lowest BCUT2D eigenvalue weighted by molar-refractivity contribution is -0.137. The smallest absolute Gasteiger partial charge is 0.416 e. The first kappa shape index (κ1) is 22.2. The minimum Gasteiger partial charge on any atom is -0.499 e. The van der Waals surface area contributed by atoms with E-state index in [4.69, 9.17) is 33.8 Å². The van der Waals surface area contributed by atoms with Gasteiger partial charge in [-0.2, -0.15) is 18.4 Å². The Labute approximate surface area is 168 Å². The first-order valence-electron chi connectivity index (χ1n) is 7.42. The highest BCUT2D eigenvalue weighted by Gasteiger charge is 2.42. The zero-order valence-electron chi connectivity index (χ0n) is 14.4. The number of ether oxygens (including phenoxy) is 1. The first-order valence-corrected chi connectivity index (χ1v) is 10.1. The van der Waals surface area contributed by atoms with E-state index in [1.54, 1.807) is 13.0 Å². The van der Waals surface area contributed by atoms with E-state index < -0.39 is 42.2 Å². The highest BCUT2D eigenvalue weighted by Crippen LogP contribution is 2.46. The molecule has 28 heavy (non-hydrogen) atoms. The van der Waals surface area contributed by atoms with Gasteiger partial charge in [-0.05, 0) is 19.1 Å². The van der Waals surface area contributed by atoms with Crippen molar-refractivity contribution in [3.05, 3.63) is 50.3 Å². The molecule has 2 N–H and O–H groups in total. The number of hydrazine groups is 2. The molecule has 1 aliphatic rings. The predicted octanol–water partition coefficient (Wildman–Crippen LogP) is 3.58. The van der Waals surface area contributed by atoms with Crippen LogP contribution in [0, 0.1) is 11.3 Å². The third-order valence-corrected chi connectivity index (χ3v) is 5.24. The Morgan fingerprint density at radius 3 is 2.25 bits per heavy atom. The second kappa shape index (κ2) is 7.71. The lowest BCUT2D eigenvalue weighted by Crippen LogP contribution is -2.42. The van der Waals surface area contributed by atoms with E-state index in [2.05, 4.69) is 0 Å². The quantitative estimate of drug-likeness (QED) is 0.545. The highest BCUT2D eigenvalue weighted by molar-refractivity contribution is 7.94. The van der Waals surface area contributed by atoms with Crippen molar-refractivity contribution in [1.82, 2.24) is 5.12 Å². The lowest BCUT2D eigenvalue weighted by Gasteiger charge is -2.30. The number of halogens is 5. The molecule has 0 atom stereocenters. The molecule has 152 valence electrons. The van der Waals surface area contributed by atoms with Crippen LogP contribution in [0.3, 0.4) is 0 Å². The van der Waals surface area contributed by atoms with Crippen molar-refractivity contribution >= 4 is 38.7 Å². The van der Waals surface area contributed by atoms with E-state index in [0.29, 0.717) is 17.3 Å². The van der Waals surface area contributed by atoms with Crippen LogP contribution < -0.4 is 10.9 Å². The molecule has 0 spiro atoms. The summed E-state index contributed by atoms with van der Waals surface area (Å²) in [7, 11) is -3.99. The average molecular weight is 457 g/mol. The van der Waals surface area contributed by atoms with Crippen molar-refractivity contribution in [3.63, 3.8) is 0 Å². The second-order valence-electron chi connectivity index (χ2n) is 5.46. The Hall–Kier alpha value is -2.13. The number of nitrogens with zero attached hydrogens (tertiary/aromatic N) is 3. The number of hydrogen-bond donors (Lipinski definition) is 1. The van der Waals surface area contributed by atoms with Gasteiger partial charge in [0.1, 0.15) is 28.6 Å². The molecular weight excluding hydrogens is 444 g/mol. The molecular formula is C15H13Cl2F3N4O3S. The summed E-state index contributed by atoms with van der Waals surface area (Å²) in [6.07, 6.45) is -2.87. The van der Waals surface area contributed by atoms with Crippen LogP contribution in [0.4, 0.5) is 18.9 Å². The molecule has 2 rings (SSSR count). The monoisotopic (exact) mass is 456 g/mol. The maximum atomic E-state index is 13.0. The summed E-state index contributed by atoms with van der Waals surface area (Å²) >= 11 is 12.0. The zero-order valence-corrected chi connectivity index (χ0v) is 16.7. The van der Waals surface area contributed by atoms with Crippen molar-refractivity contribution in [2.75, 3.05) is 17.9 Å². The number of nitrogens with two attached hydrogens (primary N) is 1. The van der Waals surface area contributed by atoms with Gasteiger partial charge in [0.25, 0.3) is 0 Å². The van der Waals surface area contributed by atoms with E-state index in [0.717, 1.165) is 17.5 Å². The molecule has 0 bridgehead atoms. The van der Waals surface area contributed by atoms with Crippen molar-refractivity contribution < 1.29 is 26.3 Å². The maximum absolute atomic E-state index is 13.0. The molecule has 0 fully saturated rings. The summed E-state index contributed by atoms with van der Waals surface area (Å²) in [5.74, 6) is 5.86. The molecule has 1 aromatic carbocycles. The van der Waals surface area contributed by atoms with Crippen molar-refractivity contribution in [3.8, 4) is 6.07 Å². The van der Waals surface area contributed by atoms with Crippen LogP contribution in [0.25, 0.3) is 0 Å². The van der Waals surface area contributed by atoms with Crippen molar-refractivity contribution in [2.45, 2.75) is 13.1 Å². The Bertz CT molecular complexity index is 993. The highest BCUT2D eigenvalue weighted by atomic mass is 35.5. The molecule has 13 heteroatoms. The molecule has 0 radical (unpaired) electrons. The van der Waals surface area contributed by atoms with Crippen LogP contribution in [-0.4, -0.2) is 26.4 Å². The number of sulfone groups is 1. The predicted molar refractivity (Wildman–Crippen MR) is 97.2 cm³/mol. The van der Waals surface area contributed by atoms with Gasteiger partial charge in [-0.3, -0.25) is 0 Å². The van der Waals surface area contributed by atoms with E-state index in [1.165, 1.54) is 0 Å². The summed E-state index contributed by atoms with van der Waals surface area (Å²) in [5.41, 5.74) is -2.08. The zero-order chi connectivity index (χ0) is 21.4. The Balaban J connectivity index is 2.77. The number of nitriles is 1. The van der Waals surface area contributed by atoms with Gasteiger partial charge in [-0.15, -0.1) is 0 Å². The van der Waals surface area contributed by atoms with Crippen LogP contribution in [0.5, 0.6) is 0 Å². The Morgan fingerprint density at radius 2 is 1.86 bits per heavy atom. The summed E-state index contributed by atoms with van der Waals surface area (Å²) in [6, 6.07) is 2.87. The molecule has 0 aromatic heterocycles. The maximum Gasteiger partial charge on any atom is 0.416 e. The minimum atomic E-state index is -4.71. The van der Waals surface area contributed by atoms with Gasteiger partial charge in [-0.1, -0.05) is 23.2 Å². The molecule has 0 unspecified atom stereocenters. The van der Waals surface area contributed by atoms with Gasteiger partial charge in [0.2, 0.25) is 0 Å². The lowest BCUT2D eigenvalue weighted by atomic mass is 10.2. The number of benzene rings is 1. The van der Waals surface area contributed by atoms with Crippen LogP contribution in [0.15, 0.2) is 34.7 Å². The molecule has 0 saturated heterocycles. The number of alkyl halides is 3. The van der Waals surface area contributed by atoms with Gasteiger partial charge in [0.05, 0.1) is 22.2 Å². The molecule has 0 saturated carbocycles. The SMILES string of the molecule is CCOC=C1C(S(C)(=O)=O)=C(C#N)N(N)N1c1c(Cl)cc(C(F)(F)F)cc1Cl.